The molecule has 0 saturated heterocycles. The summed E-state index contributed by atoms with van der Waals surface area (Å²) in [4.78, 5) is 1.52. The van der Waals surface area contributed by atoms with E-state index in [0.29, 0.717) is 6.04 Å². The molecule has 1 aromatic rings. The van der Waals surface area contributed by atoms with E-state index in [2.05, 4.69) is 36.7 Å². The maximum atomic E-state index is 3.82. The van der Waals surface area contributed by atoms with Gasteiger partial charge in [0.05, 0.1) is 0 Å². The molecule has 16 heavy (non-hydrogen) atoms. The number of thiophene rings is 1. The first-order valence-electron chi connectivity index (χ1n) is 6.61. The van der Waals surface area contributed by atoms with Crippen molar-refractivity contribution in [1.29, 1.82) is 0 Å². The Morgan fingerprint density at radius 1 is 1.50 bits per heavy atom. The molecule has 1 aromatic heterocycles. The van der Waals surface area contributed by atoms with Gasteiger partial charge >= 0.3 is 0 Å². The normalized spacial score (nSPS) is 25.6. The Bertz CT molecular complexity index is 294. The molecular weight excluding hydrogens is 214 g/mol. The van der Waals surface area contributed by atoms with Crippen molar-refractivity contribution < 1.29 is 0 Å². The molecule has 90 valence electrons. The molecular formula is C14H23NS. The molecule has 0 aromatic carbocycles. The highest BCUT2D eigenvalue weighted by atomic mass is 32.1. The van der Waals surface area contributed by atoms with Crippen LogP contribution in [0.4, 0.5) is 0 Å². The lowest BCUT2D eigenvalue weighted by Gasteiger charge is -2.16. The summed E-state index contributed by atoms with van der Waals surface area (Å²) in [7, 11) is 0. The van der Waals surface area contributed by atoms with Crippen molar-refractivity contribution in [3.63, 3.8) is 0 Å². The minimum Gasteiger partial charge on any atom is -0.311 e. The van der Waals surface area contributed by atoms with E-state index >= 15 is 0 Å². The zero-order chi connectivity index (χ0) is 11.4. The first-order valence-corrected chi connectivity index (χ1v) is 7.49. The Kier molecular flexibility index (Phi) is 4.42. The molecule has 2 heteroatoms. The minimum absolute atomic E-state index is 0.686. The maximum Gasteiger partial charge on any atom is 0.0115 e. The van der Waals surface area contributed by atoms with Crippen LogP contribution in [0.1, 0.15) is 44.4 Å². The molecule has 0 amide bonds. The molecule has 1 N–H and O–H groups in total. The standard InChI is InChI=1S/C14H23NS/c1-3-6-11-9-14(11)15-12(4-2)10-13-7-5-8-16-13/h5,7-8,11-12,14-15H,3-4,6,9-10H2,1-2H3. The molecule has 0 aliphatic heterocycles. The summed E-state index contributed by atoms with van der Waals surface area (Å²) in [6.45, 7) is 4.58. The van der Waals surface area contributed by atoms with Gasteiger partial charge in [0.1, 0.15) is 0 Å². The summed E-state index contributed by atoms with van der Waals surface area (Å²) in [5.41, 5.74) is 0. The molecule has 2 rings (SSSR count). The van der Waals surface area contributed by atoms with E-state index in [9.17, 15) is 0 Å². The molecule has 1 aliphatic rings. The highest BCUT2D eigenvalue weighted by molar-refractivity contribution is 7.09. The molecule has 0 spiro atoms. The summed E-state index contributed by atoms with van der Waals surface area (Å²) < 4.78 is 0. The van der Waals surface area contributed by atoms with Gasteiger partial charge in [-0.15, -0.1) is 11.3 Å². The van der Waals surface area contributed by atoms with Crippen LogP contribution in [0.15, 0.2) is 17.5 Å². The molecule has 1 saturated carbocycles. The number of nitrogens with one attached hydrogen (secondary N) is 1. The third-order valence-corrected chi connectivity index (χ3v) is 4.45. The van der Waals surface area contributed by atoms with Crippen LogP contribution in [0.25, 0.3) is 0 Å². The van der Waals surface area contributed by atoms with Crippen molar-refractivity contribution in [2.24, 2.45) is 5.92 Å². The average Bonchev–Trinajstić information content (AvgIpc) is 2.79. The molecule has 1 aliphatic carbocycles. The smallest absolute Gasteiger partial charge is 0.0115 e. The zero-order valence-electron chi connectivity index (χ0n) is 10.4. The van der Waals surface area contributed by atoms with Crippen molar-refractivity contribution in [3.05, 3.63) is 22.4 Å². The largest absolute Gasteiger partial charge is 0.311 e. The van der Waals surface area contributed by atoms with Crippen LogP contribution in [-0.4, -0.2) is 12.1 Å². The molecule has 0 bridgehead atoms. The van der Waals surface area contributed by atoms with Gasteiger partial charge in [-0.05, 0) is 43.0 Å². The summed E-state index contributed by atoms with van der Waals surface area (Å²) in [6.07, 6.45) is 6.61. The maximum absolute atomic E-state index is 3.82. The van der Waals surface area contributed by atoms with E-state index in [1.54, 1.807) is 0 Å². The molecule has 0 radical (unpaired) electrons. The summed E-state index contributed by atoms with van der Waals surface area (Å²) in [5, 5.41) is 6.00. The Morgan fingerprint density at radius 2 is 2.38 bits per heavy atom. The highest BCUT2D eigenvalue weighted by Crippen LogP contribution is 2.35. The zero-order valence-corrected chi connectivity index (χ0v) is 11.2. The summed E-state index contributed by atoms with van der Waals surface area (Å²) in [5.74, 6) is 0.974. The van der Waals surface area contributed by atoms with Gasteiger partial charge in [-0.1, -0.05) is 26.3 Å². The van der Waals surface area contributed by atoms with Gasteiger partial charge in [0.25, 0.3) is 0 Å². The van der Waals surface area contributed by atoms with Gasteiger partial charge in [-0.3, -0.25) is 0 Å². The van der Waals surface area contributed by atoms with Crippen molar-refractivity contribution in [2.75, 3.05) is 0 Å². The van der Waals surface area contributed by atoms with Gasteiger partial charge in [-0.25, -0.2) is 0 Å². The highest BCUT2D eigenvalue weighted by Gasteiger charge is 2.36. The first kappa shape index (κ1) is 12.1. The Morgan fingerprint density at radius 3 is 3.00 bits per heavy atom. The third-order valence-electron chi connectivity index (χ3n) is 3.55. The quantitative estimate of drug-likeness (QED) is 0.759. The Labute approximate surface area is 103 Å². The monoisotopic (exact) mass is 237 g/mol. The summed E-state index contributed by atoms with van der Waals surface area (Å²) >= 11 is 1.89. The lowest BCUT2D eigenvalue weighted by atomic mass is 10.1. The van der Waals surface area contributed by atoms with Gasteiger partial charge in [0.15, 0.2) is 0 Å². The van der Waals surface area contributed by atoms with E-state index < -0.39 is 0 Å². The van der Waals surface area contributed by atoms with E-state index in [0.717, 1.165) is 12.0 Å². The molecule has 3 unspecified atom stereocenters. The topological polar surface area (TPSA) is 12.0 Å². The molecule has 1 fully saturated rings. The van der Waals surface area contributed by atoms with Crippen LogP contribution in [-0.2, 0) is 6.42 Å². The fourth-order valence-corrected chi connectivity index (χ4v) is 3.22. The van der Waals surface area contributed by atoms with Crippen LogP contribution < -0.4 is 5.32 Å². The molecule has 1 heterocycles. The van der Waals surface area contributed by atoms with E-state index in [-0.39, 0.29) is 0 Å². The van der Waals surface area contributed by atoms with Gasteiger partial charge in [0, 0.05) is 17.0 Å². The second-order valence-electron chi connectivity index (χ2n) is 4.95. The lowest BCUT2D eigenvalue weighted by Crippen LogP contribution is -2.33. The third kappa shape index (κ3) is 3.33. The van der Waals surface area contributed by atoms with Crippen molar-refractivity contribution in [1.82, 2.24) is 5.32 Å². The van der Waals surface area contributed by atoms with Crippen LogP contribution in [0.2, 0.25) is 0 Å². The lowest BCUT2D eigenvalue weighted by molar-refractivity contribution is 0.472. The second-order valence-corrected chi connectivity index (χ2v) is 5.98. The van der Waals surface area contributed by atoms with Gasteiger partial charge in [-0.2, -0.15) is 0 Å². The molecule has 3 atom stereocenters. The van der Waals surface area contributed by atoms with Gasteiger partial charge < -0.3 is 5.32 Å². The predicted octanol–water partition coefficient (Wildman–Crippen LogP) is 3.85. The van der Waals surface area contributed by atoms with Crippen LogP contribution in [0.3, 0.4) is 0 Å². The van der Waals surface area contributed by atoms with Gasteiger partial charge in [0.2, 0.25) is 0 Å². The van der Waals surface area contributed by atoms with Crippen LogP contribution >= 0.6 is 11.3 Å². The number of hydrogen-bond donors (Lipinski definition) is 1. The number of hydrogen-bond acceptors (Lipinski definition) is 2. The predicted molar refractivity (Wildman–Crippen MR) is 72.0 cm³/mol. The van der Waals surface area contributed by atoms with Crippen molar-refractivity contribution >= 4 is 11.3 Å². The second kappa shape index (κ2) is 5.83. The van der Waals surface area contributed by atoms with Crippen molar-refractivity contribution in [2.45, 2.75) is 58.0 Å². The average molecular weight is 237 g/mol. The van der Waals surface area contributed by atoms with Crippen LogP contribution in [0, 0.1) is 5.92 Å². The Balaban J connectivity index is 1.74. The fraction of sp³-hybridized carbons (Fsp3) is 0.714. The minimum atomic E-state index is 0.686. The fourth-order valence-electron chi connectivity index (χ4n) is 2.44. The van der Waals surface area contributed by atoms with E-state index in [1.807, 2.05) is 11.3 Å². The Hall–Kier alpha value is -0.340. The number of rotatable bonds is 7. The van der Waals surface area contributed by atoms with E-state index in [1.165, 1.54) is 37.0 Å². The summed E-state index contributed by atoms with van der Waals surface area (Å²) in [6, 6.07) is 5.92. The first-order chi connectivity index (χ1) is 7.83. The van der Waals surface area contributed by atoms with E-state index in [4.69, 9.17) is 0 Å². The van der Waals surface area contributed by atoms with Crippen LogP contribution in [0.5, 0.6) is 0 Å². The van der Waals surface area contributed by atoms with Crippen molar-refractivity contribution in [3.8, 4) is 0 Å². The SMILES string of the molecule is CCCC1CC1NC(CC)Cc1cccs1. The molecule has 1 nitrogen and oxygen atoms in total.